The molecule has 12 heavy (non-hydrogen) atoms. The first kappa shape index (κ1) is 8.30. The predicted molar refractivity (Wildman–Crippen MR) is 56.3 cm³/mol. The molecule has 2 heterocycles. The van der Waals surface area contributed by atoms with Crippen LogP contribution in [0.25, 0.3) is 0 Å². The van der Waals surface area contributed by atoms with Crippen molar-refractivity contribution >= 4 is 34.3 Å². The van der Waals surface area contributed by atoms with E-state index in [9.17, 15) is 0 Å². The molecule has 0 spiro atoms. The first-order valence-corrected chi connectivity index (χ1v) is 5.78. The number of rotatable bonds is 2. The second-order valence-electron chi connectivity index (χ2n) is 2.39. The molecule has 0 saturated carbocycles. The molecule has 3 heteroatoms. The zero-order valence-corrected chi connectivity index (χ0v) is 8.62. The first-order valence-electron chi connectivity index (χ1n) is 3.59. The van der Waals surface area contributed by atoms with Gasteiger partial charge in [-0.25, -0.2) is 0 Å². The van der Waals surface area contributed by atoms with Crippen LogP contribution < -0.4 is 0 Å². The van der Waals surface area contributed by atoms with Crippen molar-refractivity contribution in [3.05, 3.63) is 44.8 Å². The second kappa shape index (κ2) is 3.60. The van der Waals surface area contributed by atoms with Gasteiger partial charge >= 0.3 is 0 Å². The van der Waals surface area contributed by atoms with Crippen LogP contribution in [0.3, 0.4) is 0 Å². The summed E-state index contributed by atoms with van der Waals surface area (Å²) in [4.78, 5) is 2.44. The van der Waals surface area contributed by atoms with Gasteiger partial charge in [-0.15, -0.1) is 34.3 Å². The molecular formula is C9H7ClS2. The quantitative estimate of drug-likeness (QED) is 0.660. The van der Waals surface area contributed by atoms with E-state index in [4.69, 9.17) is 11.6 Å². The molecule has 0 unspecified atom stereocenters. The van der Waals surface area contributed by atoms with Crippen LogP contribution in [0.1, 0.15) is 15.1 Å². The molecule has 2 rings (SSSR count). The average molecular weight is 215 g/mol. The largest absolute Gasteiger partial charge is 0.147 e. The minimum Gasteiger partial charge on any atom is -0.147 e. The third-order valence-corrected chi connectivity index (χ3v) is 4.19. The molecule has 0 N–H and O–H groups in total. The third kappa shape index (κ3) is 1.56. The summed E-state index contributed by atoms with van der Waals surface area (Å²) < 4.78 is 0. The normalized spacial score (nSPS) is 10.8. The van der Waals surface area contributed by atoms with E-state index in [1.54, 1.807) is 22.7 Å². The summed E-state index contributed by atoms with van der Waals surface area (Å²) in [6, 6.07) is 8.20. The molecule has 2 aromatic heterocycles. The minimum absolute atomic E-state index is 0.0463. The lowest BCUT2D eigenvalue weighted by atomic mass is 10.3. The van der Waals surface area contributed by atoms with Crippen molar-refractivity contribution in [1.29, 1.82) is 0 Å². The standard InChI is InChI=1S/C9H7ClS2/c10-9(7-3-1-5-11-7)8-4-2-6-12-8/h1-6,9H. The van der Waals surface area contributed by atoms with Crippen molar-refractivity contribution in [1.82, 2.24) is 0 Å². The molecule has 0 atom stereocenters. The van der Waals surface area contributed by atoms with Gasteiger partial charge in [-0.2, -0.15) is 0 Å². The third-order valence-electron chi connectivity index (χ3n) is 1.59. The van der Waals surface area contributed by atoms with E-state index in [0.717, 1.165) is 0 Å². The molecule has 2 aromatic rings. The number of thiophene rings is 2. The Balaban J connectivity index is 2.27. The highest BCUT2D eigenvalue weighted by molar-refractivity contribution is 7.12. The predicted octanol–water partition coefficient (Wildman–Crippen LogP) is 4.14. The summed E-state index contributed by atoms with van der Waals surface area (Å²) in [5, 5.41) is 4.15. The smallest absolute Gasteiger partial charge is 0.102 e. The van der Waals surface area contributed by atoms with Crippen molar-refractivity contribution in [3.63, 3.8) is 0 Å². The van der Waals surface area contributed by atoms with Crippen LogP contribution in [0.4, 0.5) is 0 Å². The molecule has 0 bridgehead atoms. The van der Waals surface area contributed by atoms with E-state index >= 15 is 0 Å². The molecule has 0 nitrogen and oxygen atoms in total. The van der Waals surface area contributed by atoms with Crippen molar-refractivity contribution in [2.75, 3.05) is 0 Å². The van der Waals surface area contributed by atoms with Crippen LogP contribution in [0.2, 0.25) is 0 Å². The lowest BCUT2D eigenvalue weighted by molar-refractivity contribution is 1.24. The van der Waals surface area contributed by atoms with E-state index in [2.05, 4.69) is 22.9 Å². The van der Waals surface area contributed by atoms with Gasteiger partial charge in [0.15, 0.2) is 0 Å². The van der Waals surface area contributed by atoms with Crippen LogP contribution in [-0.2, 0) is 0 Å². The lowest BCUT2D eigenvalue weighted by Gasteiger charge is -2.02. The van der Waals surface area contributed by atoms with Gasteiger partial charge in [0.2, 0.25) is 0 Å². The fraction of sp³-hybridized carbons (Fsp3) is 0.111. The highest BCUT2D eigenvalue weighted by Gasteiger charge is 2.11. The van der Waals surface area contributed by atoms with Crippen LogP contribution in [0, 0.1) is 0 Å². The monoisotopic (exact) mass is 214 g/mol. The zero-order valence-electron chi connectivity index (χ0n) is 6.24. The van der Waals surface area contributed by atoms with Gasteiger partial charge in [0, 0.05) is 9.75 Å². The molecule has 0 amide bonds. The molecule has 0 fully saturated rings. The highest BCUT2D eigenvalue weighted by Crippen LogP contribution is 2.34. The van der Waals surface area contributed by atoms with Gasteiger partial charge in [0.25, 0.3) is 0 Å². The Morgan fingerprint density at radius 3 is 1.83 bits per heavy atom. The van der Waals surface area contributed by atoms with Crippen LogP contribution in [-0.4, -0.2) is 0 Å². The van der Waals surface area contributed by atoms with Gasteiger partial charge in [0.05, 0.1) is 0 Å². The summed E-state index contributed by atoms with van der Waals surface area (Å²) in [5.41, 5.74) is 0. The molecule has 0 aliphatic carbocycles. The summed E-state index contributed by atoms with van der Waals surface area (Å²) in [6.45, 7) is 0. The van der Waals surface area contributed by atoms with Gasteiger partial charge < -0.3 is 0 Å². The average Bonchev–Trinajstić information content (AvgIpc) is 2.77. The summed E-state index contributed by atoms with van der Waals surface area (Å²) >= 11 is 9.64. The van der Waals surface area contributed by atoms with Gasteiger partial charge in [-0.1, -0.05) is 12.1 Å². The van der Waals surface area contributed by atoms with E-state index in [1.807, 2.05) is 12.1 Å². The Labute approximate surface area is 84.4 Å². The number of hydrogen-bond donors (Lipinski definition) is 0. The molecule has 0 aliphatic rings. The second-order valence-corrected chi connectivity index (χ2v) is 4.79. The lowest BCUT2D eigenvalue weighted by Crippen LogP contribution is -1.83. The van der Waals surface area contributed by atoms with Crippen molar-refractivity contribution in [3.8, 4) is 0 Å². The molecule has 0 saturated heterocycles. The minimum atomic E-state index is 0.0463. The summed E-state index contributed by atoms with van der Waals surface area (Å²) in [7, 11) is 0. The molecule has 62 valence electrons. The van der Waals surface area contributed by atoms with Crippen molar-refractivity contribution in [2.24, 2.45) is 0 Å². The Morgan fingerprint density at radius 2 is 1.50 bits per heavy atom. The molecular weight excluding hydrogens is 208 g/mol. The van der Waals surface area contributed by atoms with Gasteiger partial charge in [-0.05, 0) is 22.9 Å². The van der Waals surface area contributed by atoms with Crippen molar-refractivity contribution in [2.45, 2.75) is 5.38 Å². The zero-order chi connectivity index (χ0) is 8.39. The summed E-state index contributed by atoms with van der Waals surface area (Å²) in [5.74, 6) is 0. The number of hydrogen-bond acceptors (Lipinski definition) is 2. The maximum Gasteiger partial charge on any atom is 0.102 e. The maximum atomic E-state index is 6.24. The SMILES string of the molecule is ClC(c1cccs1)c1cccs1. The Morgan fingerprint density at radius 1 is 1.00 bits per heavy atom. The molecule has 0 radical (unpaired) electrons. The molecule has 0 aliphatic heterocycles. The number of alkyl halides is 1. The Hall–Kier alpha value is -0.310. The number of halogens is 1. The highest BCUT2D eigenvalue weighted by atomic mass is 35.5. The van der Waals surface area contributed by atoms with Gasteiger partial charge in [0.1, 0.15) is 5.38 Å². The summed E-state index contributed by atoms with van der Waals surface area (Å²) in [6.07, 6.45) is 0. The topological polar surface area (TPSA) is 0 Å². The van der Waals surface area contributed by atoms with E-state index < -0.39 is 0 Å². The van der Waals surface area contributed by atoms with E-state index in [-0.39, 0.29) is 5.38 Å². The van der Waals surface area contributed by atoms with Gasteiger partial charge in [-0.3, -0.25) is 0 Å². The van der Waals surface area contributed by atoms with Crippen molar-refractivity contribution < 1.29 is 0 Å². The van der Waals surface area contributed by atoms with Crippen LogP contribution in [0.15, 0.2) is 35.0 Å². The van der Waals surface area contributed by atoms with E-state index in [1.165, 1.54) is 9.75 Å². The maximum absolute atomic E-state index is 6.24. The van der Waals surface area contributed by atoms with E-state index in [0.29, 0.717) is 0 Å². The fourth-order valence-electron chi connectivity index (χ4n) is 1.01. The Bertz CT molecular complexity index is 289. The molecule has 0 aromatic carbocycles. The van der Waals surface area contributed by atoms with Crippen LogP contribution >= 0.6 is 34.3 Å². The Kier molecular flexibility index (Phi) is 2.49. The van der Waals surface area contributed by atoms with Crippen LogP contribution in [0.5, 0.6) is 0 Å². The first-order chi connectivity index (χ1) is 5.88. The fourth-order valence-corrected chi connectivity index (χ4v) is 2.98.